The first-order valence-corrected chi connectivity index (χ1v) is 12.6. The lowest BCUT2D eigenvalue weighted by Crippen LogP contribution is -2.47. The maximum Gasteiger partial charge on any atom is 0.246 e. The number of hydrogen-bond donors (Lipinski definition) is 0. The van der Waals surface area contributed by atoms with E-state index in [9.17, 15) is 13.2 Å². The second-order valence-electron chi connectivity index (χ2n) is 7.17. The van der Waals surface area contributed by atoms with Crippen LogP contribution in [0.25, 0.3) is 6.08 Å². The molecule has 1 saturated heterocycles. The zero-order chi connectivity index (χ0) is 21.6. The smallest absolute Gasteiger partial charge is 0.246 e. The number of sulfonamides is 1. The highest BCUT2D eigenvalue weighted by atomic mass is 32.2. The molecule has 1 aromatic heterocycles. The standard InChI is InChI=1S/C22H29N3O3S2/c1-3-25(4-2)30(27,28)21-10-7-19(8-11-21)9-12-22(26)24-15-13-23(14-16-24)18-20-6-5-17-29-20/h5-12,17H,3-4,13-16,18H2,1-2H3/b12-9+. The molecule has 30 heavy (non-hydrogen) atoms. The van der Waals surface area contributed by atoms with E-state index in [1.807, 2.05) is 18.7 Å². The van der Waals surface area contributed by atoms with Crippen LogP contribution in [0.2, 0.25) is 0 Å². The van der Waals surface area contributed by atoms with Crippen molar-refractivity contribution in [2.24, 2.45) is 0 Å². The number of thiophene rings is 1. The first-order valence-electron chi connectivity index (χ1n) is 10.3. The van der Waals surface area contributed by atoms with Gasteiger partial charge >= 0.3 is 0 Å². The highest BCUT2D eigenvalue weighted by molar-refractivity contribution is 7.89. The van der Waals surface area contributed by atoms with Crippen molar-refractivity contribution in [1.82, 2.24) is 14.1 Å². The highest BCUT2D eigenvalue weighted by Crippen LogP contribution is 2.17. The Kier molecular flexibility index (Phi) is 7.82. The summed E-state index contributed by atoms with van der Waals surface area (Å²) in [4.78, 5) is 18.4. The summed E-state index contributed by atoms with van der Waals surface area (Å²) in [7, 11) is -3.46. The van der Waals surface area contributed by atoms with Crippen LogP contribution in [0.4, 0.5) is 0 Å². The Labute approximate surface area is 183 Å². The molecule has 1 amide bonds. The van der Waals surface area contributed by atoms with Gasteiger partial charge in [-0.15, -0.1) is 11.3 Å². The summed E-state index contributed by atoms with van der Waals surface area (Å²) in [6, 6.07) is 10.9. The first kappa shape index (κ1) is 22.7. The summed E-state index contributed by atoms with van der Waals surface area (Å²) >= 11 is 1.76. The number of benzene rings is 1. The summed E-state index contributed by atoms with van der Waals surface area (Å²) in [5.41, 5.74) is 0.804. The van der Waals surface area contributed by atoms with Gasteiger partial charge in [-0.25, -0.2) is 8.42 Å². The number of hydrogen-bond acceptors (Lipinski definition) is 5. The van der Waals surface area contributed by atoms with E-state index in [2.05, 4.69) is 22.4 Å². The molecule has 6 nitrogen and oxygen atoms in total. The van der Waals surface area contributed by atoms with Gasteiger partial charge in [-0.05, 0) is 35.2 Å². The molecule has 0 atom stereocenters. The van der Waals surface area contributed by atoms with Crippen LogP contribution in [0.1, 0.15) is 24.3 Å². The summed E-state index contributed by atoms with van der Waals surface area (Å²) in [5, 5.41) is 2.09. The van der Waals surface area contributed by atoms with Crippen molar-refractivity contribution in [3.63, 3.8) is 0 Å². The van der Waals surface area contributed by atoms with Gasteiger partial charge in [-0.3, -0.25) is 9.69 Å². The number of rotatable bonds is 8. The molecule has 0 saturated carbocycles. The molecular weight excluding hydrogens is 418 g/mol. The van der Waals surface area contributed by atoms with E-state index in [1.165, 1.54) is 9.18 Å². The molecule has 0 unspecified atom stereocenters. The van der Waals surface area contributed by atoms with Gasteiger partial charge in [0.2, 0.25) is 15.9 Å². The molecule has 0 spiro atoms. The summed E-state index contributed by atoms with van der Waals surface area (Å²) in [6.45, 7) is 8.65. The Morgan fingerprint density at radius 1 is 1.07 bits per heavy atom. The molecule has 0 aliphatic carbocycles. The summed E-state index contributed by atoms with van der Waals surface area (Å²) in [6.07, 6.45) is 3.32. The van der Waals surface area contributed by atoms with Gasteiger partial charge in [0.05, 0.1) is 4.90 Å². The Balaban J connectivity index is 1.54. The van der Waals surface area contributed by atoms with Gasteiger partial charge in [0.25, 0.3) is 0 Å². The van der Waals surface area contributed by atoms with Gasteiger partial charge in [0.15, 0.2) is 0 Å². The third-order valence-electron chi connectivity index (χ3n) is 5.29. The fourth-order valence-corrected chi connectivity index (χ4v) is 5.69. The second kappa shape index (κ2) is 10.3. The van der Waals surface area contributed by atoms with Crippen LogP contribution in [0.3, 0.4) is 0 Å². The van der Waals surface area contributed by atoms with Gasteiger partial charge in [-0.2, -0.15) is 4.31 Å². The van der Waals surface area contributed by atoms with Crippen LogP contribution >= 0.6 is 11.3 Å². The molecule has 2 aromatic rings. The monoisotopic (exact) mass is 447 g/mol. The maximum atomic E-state index is 12.5. The van der Waals surface area contributed by atoms with Crippen LogP contribution in [0.5, 0.6) is 0 Å². The van der Waals surface area contributed by atoms with Gasteiger partial charge in [0, 0.05) is 56.8 Å². The number of carbonyl (C=O) groups is 1. The van der Waals surface area contributed by atoms with E-state index in [0.717, 1.165) is 38.3 Å². The van der Waals surface area contributed by atoms with Crippen LogP contribution in [0.15, 0.2) is 52.7 Å². The fourth-order valence-electron chi connectivity index (χ4n) is 3.49. The van der Waals surface area contributed by atoms with Crippen molar-refractivity contribution in [1.29, 1.82) is 0 Å². The van der Waals surface area contributed by atoms with E-state index in [4.69, 9.17) is 0 Å². The van der Waals surface area contributed by atoms with Gasteiger partial charge in [-0.1, -0.05) is 32.0 Å². The Morgan fingerprint density at radius 3 is 2.30 bits per heavy atom. The normalized spacial score (nSPS) is 15.9. The maximum absolute atomic E-state index is 12.5. The minimum Gasteiger partial charge on any atom is -0.337 e. The minimum atomic E-state index is -3.46. The molecular formula is C22H29N3O3S2. The zero-order valence-corrected chi connectivity index (χ0v) is 19.2. The third kappa shape index (κ3) is 5.57. The lowest BCUT2D eigenvalue weighted by atomic mass is 10.2. The molecule has 0 N–H and O–H groups in total. The lowest BCUT2D eigenvalue weighted by Gasteiger charge is -2.33. The lowest BCUT2D eigenvalue weighted by molar-refractivity contribution is -0.127. The summed E-state index contributed by atoms with van der Waals surface area (Å²) in [5.74, 6) is -0.00869. The molecule has 2 heterocycles. The topological polar surface area (TPSA) is 60.9 Å². The van der Waals surface area contributed by atoms with E-state index < -0.39 is 10.0 Å². The zero-order valence-electron chi connectivity index (χ0n) is 17.5. The van der Waals surface area contributed by atoms with Gasteiger partial charge in [0.1, 0.15) is 0 Å². The quantitative estimate of drug-likeness (QED) is 0.584. The van der Waals surface area contributed by atoms with E-state index in [1.54, 1.807) is 47.8 Å². The average Bonchev–Trinajstić information content (AvgIpc) is 3.26. The predicted octanol–water partition coefficient (Wildman–Crippen LogP) is 3.14. The molecule has 1 aromatic carbocycles. The summed E-state index contributed by atoms with van der Waals surface area (Å²) < 4.78 is 26.5. The second-order valence-corrected chi connectivity index (χ2v) is 10.1. The van der Waals surface area contributed by atoms with Crippen molar-refractivity contribution >= 4 is 33.3 Å². The highest BCUT2D eigenvalue weighted by Gasteiger charge is 2.21. The van der Waals surface area contributed by atoms with E-state index >= 15 is 0 Å². The van der Waals surface area contributed by atoms with Crippen molar-refractivity contribution in [3.05, 3.63) is 58.3 Å². The number of piperazine rings is 1. The molecule has 8 heteroatoms. The molecule has 1 aliphatic heterocycles. The Hall–Kier alpha value is -2.00. The molecule has 0 radical (unpaired) electrons. The average molecular weight is 448 g/mol. The van der Waals surface area contributed by atoms with Crippen LogP contribution in [0, 0.1) is 0 Å². The number of carbonyl (C=O) groups excluding carboxylic acids is 1. The van der Waals surface area contributed by atoms with E-state index in [-0.39, 0.29) is 10.8 Å². The van der Waals surface area contributed by atoms with Crippen LogP contribution in [-0.4, -0.2) is 67.7 Å². The molecule has 162 valence electrons. The van der Waals surface area contributed by atoms with E-state index in [0.29, 0.717) is 13.1 Å². The first-order chi connectivity index (χ1) is 14.4. The molecule has 1 fully saturated rings. The van der Waals surface area contributed by atoms with Gasteiger partial charge < -0.3 is 4.90 Å². The number of nitrogens with zero attached hydrogens (tertiary/aromatic N) is 3. The molecule has 1 aliphatic rings. The molecule has 0 bridgehead atoms. The number of amides is 1. The van der Waals surface area contributed by atoms with Crippen LogP contribution in [-0.2, 0) is 21.4 Å². The van der Waals surface area contributed by atoms with Crippen molar-refractivity contribution in [3.8, 4) is 0 Å². The van der Waals surface area contributed by atoms with Crippen molar-refractivity contribution in [2.45, 2.75) is 25.3 Å². The Morgan fingerprint density at radius 2 is 1.73 bits per heavy atom. The van der Waals surface area contributed by atoms with Crippen molar-refractivity contribution < 1.29 is 13.2 Å². The minimum absolute atomic E-state index is 0.00869. The predicted molar refractivity (Wildman–Crippen MR) is 122 cm³/mol. The van der Waals surface area contributed by atoms with Crippen molar-refractivity contribution in [2.75, 3.05) is 39.3 Å². The third-order valence-corrected chi connectivity index (χ3v) is 8.21. The largest absolute Gasteiger partial charge is 0.337 e. The SMILES string of the molecule is CCN(CC)S(=O)(=O)c1ccc(/C=C/C(=O)N2CCN(Cc3cccs3)CC2)cc1. The fraction of sp³-hybridized carbons (Fsp3) is 0.409. The molecule has 3 rings (SSSR count). The van der Waals surface area contributed by atoms with Crippen LogP contribution < -0.4 is 0 Å². The Bertz CT molecular complexity index is 942.